The third kappa shape index (κ3) is 6.58. The van der Waals surface area contributed by atoms with Crippen LogP contribution in [0.1, 0.15) is 42.4 Å². The summed E-state index contributed by atoms with van der Waals surface area (Å²) in [6, 6.07) is 8.24. The van der Waals surface area contributed by atoms with Gasteiger partial charge in [-0.3, -0.25) is 14.6 Å². The Bertz CT molecular complexity index is 800. The Balaban J connectivity index is 0.00000420. The van der Waals surface area contributed by atoms with Gasteiger partial charge < -0.3 is 10.6 Å². The maximum Gasteiger partial charge on any atom is 0.191 e. The lowest BCUT2D eigenvalue weighted by molar-refractivity contribution is 0.219. The summed E-state index contributed by atoms with van der Waals surface area (Å²) in [7, 11) is 3.76. The van der Waals surface area contributed by atoms with Crippen molar-refractivity contribution in [1.82, 2.24) is 25.3 Å². The van der Waals surface area contributed by atoms with Crippen molar-refractivity contribution in [2.24, 2.45) is 12.0 Å². The predicted molar refractivity (Wildman–Crippen MR) is 133 cm³/mol. The van der Waals surface area contributed by atoms with Crippen molar-refractivity contribution in [3.63, 3.8) is 0 Å². The number of halogens is 2. The van der Waals surface area contributed by atoms with Crippen molar-refractivity contribution in [3.05, 3.63) is 51.8 Å². The van der Waals surface area contributed by atoms with Gasteiger partial charge in [0.2, 0.25) is 0 Å². The fourth-order valence-electron chi connectivity index (χ4n) is 3.50. The minimum Gasteiger partial charge on any atom is -0.354 e. The highest BCUT2D eigenvalue weighted by Crippen LogP contribution is 2.26. The lowest BCUT2D eigenvalue weighted by atomic mass is 10.0. The Labute approximate surface area is 197 Å². The van der Waals surface area contributed by atoms with Crippen molar-refractivity contribution in [1.29, 1.82) is 0 Å². The Morgan fingerprint density at radius 1 is 1.21 bits per heavy atom. The quantitative estimate of drug-likeness (QED) is 0.306. The van der Waals surface area contributed by atoms with Crippen LogP contribution < -0.4 is 10.6 Å². The van der Waals surface area contributed by atoms with Gasteiger partial charge in [0.05, 0.1) is 11.7 Å². The second-order valence-electron chi connectivity index (χ2n) is 6.84. The van der Waals surface area contributed by atoms with Crippen LogP contribution in [0.3, 0.4) is 0 Å². The Hall–Kier alpha value is -1.32. The molecule has 2 N–H and O–H groups in total. The predicted octanol–water partition coefficient (Wildman–Crippen LogP) is 4.06. The largest absolute Gasteiger partial charge is 0.354 e. The summed E-state index contributed by atoms with van der Waals surface area (Å²) < 4.78 is 1.91. The molecule has 0 aliphatic rings. The molecule has 29 heavy (non-hydrogen) atoms. The smallest absolute Gasteiger partial charge is 0.191 e. The molecule has 0 saturated carbocycles. The van der Waals surface area contributed by atoms with Crippen LogP contribution in [0.25, 0.3) is 0 Å². The van der Waals surface area contributed by atoms with E-state index in [4.69, 9.17) is 11.6 Å². The standard InChI is InChI=1S/C21H33ClN6.HI/c1-7-28(8-2)20(17-11-9-10-12-19(17)22)14-25-21(23-5)24-13-18-15(3)26-27(6)16(18)4;/h9-12,20H,7-8,13-14H2,1-6H3,(H2,23,24,25);1H. The van der Waals surface area contributed by atoms with Crippen LogP contribution >= 0.6 is 35.6 Å². The first-order valence-corrected chi connectivity index (χ1v) is 10.2. The summed E-state index contributed by atoms with van der Waals surface area (Å²) in [4.78, 5) is 6.78. The third-order valence-electron chi connectivity index (χ3n) is 5.30. The molecule has 0 aliphatic heterocycles. The molecule has 0 amide bonds. The van der Waals surface area contributed by atoms with Crippen molar-refractivity contribution in [3.8, 4) is 0 Å². The van der Waals surface area contributed by atoms with Crippen LogP contribution in [-0.2, 0) is 13.6 Å². The molecule has 1 aromatic heterocycles. The Morgan fingerprint density at radius 3 is 2.38 bits per heavy atom. The van der Waals surface area contributed by atoms with Gasteiger partial charge in [-0.25, -0.2) is 0 Å². The molecule has 0 fully saturated rings. The Morgan fingerprint density at radius 2 is 1.86 bits per heavy atom. The zero-order valence-electron chi connectivity index (χ0n) is 18.3. The van der Waals surface area contributed by atoms with Gasteiger partial charge >= 0.3 is 0 Å². The van der Waals surface area contributed by atoms with Crippen LogP contribution in [0, 0.1) is 13.8 Å². The number of aliphatic imine (C=N–C) groups is 1. The van der Waals surface area contributed by atoms with E-state index in [0.717, 1.165) is 47.6 Å². The number of nitrogens with zero attached hydrogens (tertiary/aromatic N) is 4. The van der Waals surface area contributed by atoms with Crippen molar-refractivity contribution in [2.75, 3.05) is 26.7 Å². The average molecular weight is 533 g/mol. The molecule has 1 atom stereocenters. The normalized spacial score (nSPS) is 12.6. The number of hydrogen-bond acceptors (Lipinski definition) is 3. The van der Waals surface area contributed by atoms with Gasteiger partial charge in [0.1, 0.15) is 0 Å². The third-order valence-corrected chi connectivity index (χ3v) is 5.64. The number of guanidine groups is 1. The molecule has 0 bridgehead atoms. The van der Waals surface area contributed by atoms with Crippen LogP contribution in [0.5, 0.6) is 0 Å². The molecule has 162 valence electrons. The number of benzene rings is 1. The maximum atomic E-state index is 6.49. The maximum absolute atomic E-state index is 6.49. The van der Waals surface area contributed by atoms with Gasteiger partial charge in [-0.2, -0.15) is 5.10 Å². The van der Waals surface area contributed by atoms with Crippen molar-refractivity contribution < 1.29 is 0 Å². The molecule has 8 heteroatoms. The fraction of sp³-hybridized carbons (Fsp3) is 0.524. The summed E-state index contributed by atoms with van der Waals surface area (Å²) in [6.07, 6.45) is 0. The summed E-state index contributed by atoms with van der Waals surface area (Å²) in [6.45, 7) is 11.8. The van der Waals surface area contributed by atoms with Crippen LogP contribution in [0.2, 0.25) is 5.02 Å². The van der Waals surface area contributed by atoms with Gasteiger partial charge in [-0.15, -0.1) is 24.0 Å². The van der Waals surface area contributed by atoms with Gasteiger partial charge in [0.25, 0.3) is 0 Å². The number of likely N-dealkylation sites (N-methyl/N-ethyl adjacent to an activating group) is 1. The van der Waals surface area contributed by atoms with Gasteiger partial charge in [-0.1, -0.05) is 43.6 Å². The molecule has 0 aliphatic carbocycles. The second kappa shape index (κ2) is 12.4. The summed E-state index contributed by atoms with van der Waals surface area (Å²) in [5, 5.41) is 12.2. The van der Waals surface area contributed by atoms with Crippen molar-refractivity contribution in [2.45, 2.75) is 40.3 Å². The zero-order chi connectivity index (χ0) is 20.7. The van der Waals surface area contributed by atoms with E-state index in [1.807, 2.05) is 36.9 Å². The van der Waals surface area contributed by atoms with Gasteiger partial charge in [0, 0.05) is 43.5 Å². The SMILES string of the molecule is CCN(CC)C(CNC(=NC)NCc1c(C)nn(C)c1C)c1ccccc1Cl.I. The number of aryl methyl sites for hydroxylation is 2. The molecule has 1 aromatic carbocycles. The van der Waals surface area contributed by atoms with E-state index in [0.29, 0.717) is 6.54 Å². The van der Waals surface area contributed by atoms with Gasteiger partial charge in [-0.05, 0) is 38.6 Å². The fourth-order valence-corrected chi connectivity index (χ4v) is 3.77. The monoisotopic (exact) mass is 532 g/mol. The molecule has 2 aromatic rings. The first-order chi connectivity index (χ1) is 13.4. The van der Waals surface area contributed by atoms with E-state index in [1.165, 1.54) is 5.56 Å². The minimum atomic E-state index is 0. The zero-order valence-corrected chi connectivity index (χ0v) is 21.4. The van der Waals surface area contributed by atoms with Gasteiger partial charge in [0.15, 0.2) is 5.96 Å². The number of aromatic nitrogens is 2. The topological polar surface area (TPSA) is 57.5 Å². The molecular formula is C21H34ClIN6. The molecule has 0 radical (unpaired) electrons. The van der Waals surface area contributed by atoms with E-state index in [1.54, 1.807) is 7.05 Å². The Kier molecular flexibility index (Phi) is 11.0. The number of hydrogen-bond donors (Lipinski definition) is 2. The van der Waals surface area contributed by atoms with Crippen LogP contribution in [-0.4, -0.2) is 47.3 Å². The molecule has 2 rings (SSSR count). The van der Waals surface area contributed by atoms with Crippen LogP contribution in [0.4, 0.5) is 0 Å². The molecule has 0 saturated heterocycles. The lowest BCUT2D eigenvalue weighted by Gasteiger charge is -2.31. The first kappa shape index (κ1) is 25.7. The highest BCUT2D eigenvalue weighted by Gasteiger charge is 2.20. The van der Waals surface area contributed by atoms with E-state index in [9.17, 15) is 0 Å². The highest BCUT2D eigenvalue weighted by molar-refractivity contribution is 14.0. The van der Waals surface area contributed by atoms with E-state index >= 15 is 0 Å². The minimum absolute atomic E-state index is 0. The lowest BCUT2D eigenvalue weighted by Crippen LogP contribution is -2.43. The summed E-state index contributed by atoms with van der Waals surface area (Å²) in [5.74, 6) is 0.770. The molecule has 6 nitrogen and oxygen atoms in total. The number of rotatable bonds is 8. The van der Waals surface area contributed by atoms with E-state index in [2.05, 4.69) is 52.5 Å². The highest BCUT2D eigenvalue weighted by atomic mass is 127. The summed E-state index contributed by atoms with van der Waals surface area (Å²) in [5.41, 5.74) is 4.55. The summed E-state index contributed by atoms with van der Waals surface area (Å²) >= 11 is 6.49. The molecule has 1 unspecified atom stereocenters. The van der Waals surface area contributed by atoms with Crippen molar-refractivity contribution >= 4 is 41.5 Å². The van der Waals surface area contributed by atoms with E-state index < -0.39 is 0 Å². The second-order valence-corrected chi connectivity index (χ2v) is 7.25. The molecule has 0 spiro atoms. The van der Waals surface area contributed by atoms with E-state index in [-0.39, 0.29) is 30.0 Å². The molecular weight excluding hydrogens is 499 g/mol. The first-order valence-electron chi connectivity index (χ1n) is 9.84. The number of nitrogens with one attached hydrogen (secondary N) is 2. The van der Waals surface area contributed by atoms with Crippen LogP contribution in [0.15, 0.2) is 29.3 Å². The molecule has 1 heterocycles. The average Bonchev–Trinajstić information content (AvgIpc) is 2.93.